The van der Waals surface area contributed by atoms with Gasteiger partial charge >= 0.3 is 6.09 Å². The summed E-state index contributed by atoms with van der Waals surface area (Å²) in [5.74, 6) is -2.09. The lowest BCUT2D eigenvalue weighted by Crippen LogP contribution is -2.56. The number of carbonyl (C=O) groups is 1. The summed E-state index contributed by atoms with van der Waals surface area (Å²) in [6.45, 7) is 1.09. The van der Waals surface area contributed by atoms with Crippen LogP contribution in [0.3, 0.4) is 0 Å². The Kier molecular flexibility index (Phi) is 5.74. The van der Waals surface area contributed by atoms with Crippen LogP contribution in [0.4, 0.5) is 23.8 Å². The molecule has 1 unspecified atom stereocenters. The number of hydrogen-bond acceptors (Lipinski definition) is 5. The Morgan fingerprint density at radius 2 is 2.21 bits per heavy atom. The molecule has 1 aromatic heterocycles. The molecular formula is C18H19ClF3N5O2. The van der Waals surface area contributed by atoms with E-state index in [1.807, 2.05) is 12.2 Å². The van der Waals surface area contributed by atoms with Crippen LogP contribution in [0.5, 0.6) is 0 Å². The fraction of sp³-hybridized carbons (Fsp3) is 0.389. The number of hydrogen-bond donors (Lipinski definition) is 3. The minimum absolute atomic E-state index is 0.0486. The molecule has 2 heterocycles. The van der Waals surface area contributed by atoms with Gasteiger partial charge in [-0.15, -0.1) is 0 Å². The number of halogens is 4. The van der Waals surface area contributed by atoms with Crippen LogP contribution in [0.1, 0.15) is 18.9 Å². The minimum Gasteiger partial charge on any atom is -0.444 e. The maximum atomic E-state index is 15.0. The fourth-order valence-corrected chi connectivity index (χ4v) is 3.51. The van der Waals surface area contributed by atoms with Crippen molar-refractivity contribution < 1.29 is 22.7 Å². The number of pyridine rings is 1. The molecule has 2 aliphatic rings. The second-order valence-corrected chi connectivity index (χ2v) is 7.70. The predicted octanol–water partition coefficient (Wildman–Crippen LogP) is 3.21. The molecule has 156 valence electrons. The molecule has 1 saturated heterocycles. The van der Waals surface area contributed by atoms with Crippen molar-refractivity contribution in [3.8, 4) is 0 Å². The third-order valence-electron chi connectivity index (χ3n) is 4.47. The summed E-state index contributed by atoms with van der Waals surface area (Å²) in [5.41, 5.74) is 5.61. The van der Waals surface area contributed by atoms with Crippen LogP contribution in [0, 0.1) is 17.1 Å². The van der Waals surface area contributed by atoms with E-state index in [1.54, 1.807) is 6.08 Å². The van der Waals surface area contributed by atoms with Crippen molar-refractivity contribution in [2.75, 3.05) is 24.6 Å². The molecule has 4 N–H and O–H groups in total. The van der Waals surface area contributed by atoms with Crippen LogP contribution in [0.25, 0.3) is 5.57 Å². The monoisotopic (exact) mass is 429 g/mol. The van der Waals surface area contributed by atoms with Crippen molar-refractivity contribution in [3.63, 3.8) is 0 Å². The van der Waals surface area contributed by atoms with Crippen molar-refractivity contribution in [2.24, 2.45) is 11.7 Å². The molecule has 0 saturated carbocycles. The number of amides is 1. The predicted molar refractivity (Wildman–Crippen MR) is 102 cm³/mol. The largest absolute Gasteiger partial charge is 0.444 e. The number of rotatable bonds is 4. The second kappa shape index (κ2) is 7.94. The third-order valence-corrected chi connectivity index (χ3v) is 4.71. The molecule has 1 aliphatic heterocycles. The minimum atomic E-state index is -1.89. The molecule has 29 heavy (non-hydrogen) atoms. The quantitative estimate of drug-likeness (QED) is 0.387. The van der Waals surface area contributed by atoms with Gasteiger partial charge in [-0.05, 0) is 24.0 Å². The number of aromatic nitrogens is 1. The number of anilines is 1. The van der Waals surface area contributed by atoms with Gasteiger partial charge in [-0.2, -0.15) is 0 Å². The lowest BCUT2D eigenvalue weighted by atomic mass is 9.87. The molecule has 1 aromatic rings. The first kappa shape index (κ1) is 21.0. The maximum absolute atomic E-state index is 15.0. The number of nitrogens with zero attached hydrogens (tertiary/aromatic N) is 2. The standard InChI is InChI=1S/C18H19ClF3N5O2/c1-9-2-11(6-29-17(28)26-16(23)24)14(21)12(3-9)10-4-13(20)15(25-5-10)27-7-18(19,22)8-27/h2,4-5,9H,3,6-8H2,1H3,(H4,23,24,26,28). The summed E-state index contributed by atoms with van der Waals surface area (Å²) in [6, 6.07) is 1.14. The number of ether oxygens (including phenoxy) is 1. The highest BCUT2D eigenvalue weighted by Crippen LogP contribution is 2.38. The summed E-state index contributed by atoms with van der Waals surface area (Å²) in [4.78, 5) is 16.8. The van der Waals surface area contributed by atoms with Gasteiger partial charge in [-0.25, -0.2) is 22.9 Å². The van der Waals surface area contributed by atoms with Crippen molar-refractivity contribution in [1.29, 1.82) is 5.41 Å². The summed E-state index contributed by atoms with van der Waals surface area (Å²) in [5, 5.41) is 7.00. The Hall–Kier alpha value is -2.75. The molecule has 1 fully saturated rings. The first-order valence-electron chi connectivity index (χ1n) is 8.72. The Bertz CT molecular complexity index is 911. The van der Waals surface area contributed by atoms with Crippen molar-refractivity contribution in [3.05, 3.63) is 41.1 Å². The number of alkyl carbamates (subject to hydrolysis) is 1. The fourth-order valence-electron chi connectivity index (χ4n) is 3.22. The van der Waals surface area contributed by atoms with Crippen LogP contribution >= 0.6 is 11.6 Å². The van der Waals surface area contributed by atoms with E-state index in [2.05, 4.69) is 4.98 Å². The van der Waals surface area contributed by atoms with Crippen molar-refractivity contribution >= 4 is 35.0 Å². The van der Waals surface area contributed by atoms with E-state index in [0.29, 0.717) is 6.42 Å². The van der Waals surface area contributed by atoms with E-state index in [4.69, 9.17) is 27.5 Å². The zero-order chi connectivity index (χ0) is 21.3. The maximum Gasteiger partial charge on any atom is 0.414 e. The summed E-state index contributed by atoms with van der Waals surface area (Å²) in [7, 11) is 0. The van der Waals surface area contributed by atoms with Crippen LogP contribution in [-0.4, -0.2) is 41.9 Å². The highest BCUT2D eigenvalue weighted by Gasteiger charge is 2.43. The Balaban J connectivity index is 1.78. The zero-order valence-electron chi connectivity index (χ0n) is 15.4. The second-order valence-electron chi connectivity index (χ2n) is 7.02. The van der Waals surface area contributed by atoms with Crippen LogP contribution in [0.15, 0.2) is 29.7 Å². The molecule has 0 bridgehead atoms. The van der Waals surface area contributed by atoms with Crippen LogP contribution < -0.4 is 16.0 Å². The van der Waals surface area contributed by atoms with Crippen molar-refractivity contribution in [2.45, 2.75) is 18.5 Å². The van der Waals surface area contributed by atoms with Gasteiger partial charge < -0.3 is 15.4 Å². The zero-order valence-corrected chi connectivity index (χ0v) is 16.2. The highest BCUT2D eigenvalue weighted by atomic mass is 35.5. The molecule has 3 rings (SSSR count). The number of guanidine groups is 1. The molecule has 1 atom stereocenters. The smallest absolute Gasteiger partial charge is 0.414 e. The molecule has 7 nitrogen and oxygen atoms in total. The number of allylic oxidation sites excluding steroid dienone is 2. The Morgan fingerprint density at radius 3 is 2.79 bits per heavy atom. The first-order chi connectivity index (χ1) is 13.6. The lowest BCUT2D eigenvalue weighted by Gasteiger charge is -2.41. The molecule has 1 aliphatic carbocycles. The average Bonchev–Trinajstić information content (AvgIpc) is 2.59. The van der Waals surface area contributed by atoms with Gasteiger partial charge in [0.2, 0.25) is 5.13 Å². The lowest BCUT2D eigenvalue weighted by molar-refractivity contribution is 0.160. The average molecular weight is 430 g/mol. The normalized spacial score (nSPS) is 20.7. The highest BCUT2D eigenvalue weighted by molar-refractivity contribution is 6.24. The third kappa shape index (κ3) is 4.81. The number of alkyl halides is 2. The van der Waals surface area contributed by atoms with E-state index in [1.165, 1.54) is 11.1 Å². The van der Waals surface area contributed by atoms with Gasteiger partial charge in [0.1, 0.15) is 12.4 Å². The van der Waals surface area contributed by atoms with Crippen LogP contribution in [-0.2, 0) is 4.74 Å². The van der Waals surface area contributed by atoms with Crippen LogP contribution in [0.2, 0.25) is 0 Å². The van der Waals surface area contributed by atoms with Gasteiger partial charge in [0.15, 0.2) is 17.6 Å². The number of nitrogens with two attached hydrogens (primary N) is 1. The van der Waals surface area contributed by atoms with Crippen molar-refractivity contribution in [1.82, 2.24) is 10.3 Å². The van der Waals surface area contributed by atoms with Gasteiger partial charge in [0.25, 0.3) is 0 Å². The summed E-state index contributed by atoms with van der Waals surface area (Å²) in [6.07, 6.45) is 2.24. The molecule has 0 spiro atoms. The van der Waals surface area contributed by atoms with E-state index in [9.17, 15) is 18.0 Å². The molecular weight excluding hydrogens is 411 g/mol. The first-order valence-corrected chi connectivity index (χ1v) is 9.10. The summed E-state index contributed by atoms with van der Waals surface area (Å²) < 4.78 is 47.7. The van der Waals surface area contributed by atoms with E-state index < -0.39 is 28.8 Å². The van der Waals surface area contributed by atoms with Gasteiger partial charge in [-0.1, -0.05) is 24.6 Å². The Labute approximate surface area is 169 Å². The number of nitrogens with one attached hydrogen (secondary N) is 2. The molecule has 1 amide bonds. The topological polar surface area (TPSA) is 104 Å². The van der Waals surface area contributed by atoms with Gasteiger partial charge in [0.05, 0.1) is 13.1 Å². The number of carbonyl (C=O) groups excluding carboxylic acids is 1. The van der Waals surface area contributed by atoms with E-state index in [-0.39, 0.29) is 48.1 Å². The van der Waals surface area contributed by atoms with E-state index in [0.717, 1.165) is 6.07 Å². The van der Waals surface area contributed by atoms with E-state index >= 15 is 0 Å². The molecule has 11 heteroatoms. The van der Waals surface area contributed by atoms with Gasteiger partial charge in [0, 0.05) is 17.3 Å². The SMILES string of the molecule is CC1C=C(COC(=O)NC(=N)N)C(F)=C(c2cnc(N3CC(F)(Cl)C3)c(F)c2)C1. The molecule has 0 aromatic carbocycles. The summed E-state index contributed by atoms with van der Waals surface area (Å²) >= 11 is 5.50. The van der Waals surface area contributed by atoms with Gasteiger partial charge in [-0.3, -0.25) is 10.7 Å². The Morgan fingerprint density at radius 1 is 1.52 bits per heavy atom. The molecule has 0 radical (unpaired) electrons.